The van der Waals surface area contributed by atoms with Gasteiger partial charge in [0.2, 0.25) is 0 Å². The van der Waals surface area contributed by atoms with Crippen LogP contribution < -0.4 is 0 Å². The molecule has 1 aliphatic heterocycles. The minimum absolute atomic E-state index is 0.0139. The molecule has 0 unspecified atom stereocenters. The molecular weight excluding hydrogens is 230 g/mol. The van der Waals surface area contributed by atoms with Crippen LogP contribution >= 0.6 is 15.9 Å². The number of rotatable bonds is 0. The van der Waals surface area contributed by atoms with E-state index in [1.165, 1.54) is 25.7 Å². The van der Waals surface area contributed by atoms with E-state index in [0.717, 1.165) is 12.5 Å². The van der Waals surface area contributed by atoms with Gasteiger partial charge in [-0.3, -0.25) is 4.79 Å². The summed E-state index contributed by atoms with van der Waals surface area (Å²) in [5.74, 6) is 3.29. The van der Waals surface area contributed by atoms with Crippen LogP contribution in [0.1, 0.15) is 25.7 Å². The highest BCUT2D eigenvalue weighted by atomic mass is 79.9. The van der Waals surface area contributed by atoms with Gasteiger partial charge in [-0.25, -0.2) is 0 Å². The molecule has 1 heterocycles. The van der Waals surface area contributed by atoms with Gasteiger partial charge in [0.15, 0.2) is 0 Å². The highest BCUT2D eigenvalue weighted by molar-refractivity contribution is 9.12. The Morgan fingerprint density at radius 3 is 2.85 bits per heavy atom. The number of likely N-dealkylation sites (tertiary alicyclic amines) is 1. The molecule has 1 amide bonds. The predicted octanol–water partition coefficient (Wildman–Crippen LogP) is 1.74. The molecular formula is C10H12BrNO. The quantitative estimate of drug-likeness (QED) is 0.592. The molecule has 1 aliphatic carbocycles. The van der Waals surface area contributed by atoms with E-state index in [1.807, 2.05) is 4.90 Å². The molecule has 1 saturated heterocycles. The van der Waals surface area contributed by atoms with Crippen molar-refractivity contribution >= 4 is 21.8 Å². The van der Waals surface area contributed by atoms with Crippen molar-refractivity contribution in [1.29, 1.82) is 0 Å². The van der Waals surface area contributed by atoms with Crippen LogP contribution in [0.4, 0.5) is 0 Å². The summed E-state index contributed by atoms with van der Waals surface area (Å²) in [6.07, 6.45) is 5.09. The van der Waals surface area contributed by atoms with Gasteiger partial charge in [-0.1, -0.05) is 12.8 Å². The van der Waals surface area contributed by atoms with Gasteiger partial charge >= 0.3 is 0 Å². The maximum Gasteiger partial charge on any atom is 0.299 e. The van der Waals surface area contributed by atoms with Gasteiger partial charge in [0.25, 0.3) is 5.91 Å². The van der Waals surface area contributed by atoms with Crippen LogP contribution in [0.25, 0.3) is 0 Å². The first-order chi connectivity index (χ1) is 6.33. The summed E-state index contributed by atoms with van der Waals surface area (Å²) < 4.78 is 0. The predicted molar refractivity (Wildman–Crippen MR) is 54.2 cm³/mol. The fourth-order valence-electron chi connectivity index (χ4n) is 2.41. The molecule has 70 valence electrons. The van der Waals surface area contributed by atoms with E-state index < -0.39 is 0 Å². The van der Waals surface area contributed by atoms with Crippen LogP contribution in [-0.4, -0.2) is 23.4 Å². The second-order valence-corrected chi connectivity index (χ2v) is 4.19. The van der Waals surface area contributed by atoms with E-state index in [1.54, 1.807) is 0 Å². The minimum Gasteiger partial charge on any atom is -0.328 e. The van der Waals surface area contributed by atoms with Gasteiger partial charge in [-0.15, -0.1) is 0 Å². The van der Waals surface area contributed by atoms with Crippen molar-refractivity contribution in [2.45, 2.75) is 31.7 Å². The van der Waals surface area contributed by atoms with Crippen molar-refractivity contribution in [3.8, 4) is 10.8 Å². The standard InChI is InChI=1S/C10H12BrNO/c11-6-5-10(13)12-7-8-3-1-2-4-9(8)12/h8-9H,1-4,7H2/t8-,9-/m1/s1. The molecule has 1 saturated carbocycles. The average Bonchev–Trinajstić information content (AvgIpc) is 2.07. The molecule has 2 nitrogen and oxygen atoms in total. The second kappa shape index (κ2) is 3.71. The van der Waals surface area contributed by atoms with Crippen LogP contribution in [0, 0.1) is 16.7 Å². The molecule has 2 rings (SSSR count). The molecule has 2 atom stereocenters. The third kappa shape index (κ3) is 1.60. The molecule has 0 aromatic heterocycles. The van der Waals surface area contributed by atoms with Gasteiger partial charge in [-0.05, 0) is 23.6 Å². The number of amides is 1. The van der Waals surface area contributed by atoms with E-state index in [4.69, 9.17) is 0 Å². The largest absolute Gasteiger partial charge is 0.328 e. The first-order valence-electron chi connectivity index (χ1n) is 4.75. The monoisotopic (exact) mass is 241 g/mol. The fourth-order valence-corrected chi connectivity index (χ4v) is 2.58. The van der Waals surface area contributed by atoms with Crippen LogP contribution in [0.3, 0.4) is 0 Å². The maximum absolute atomic E-state index is 11.4. The molecule has 2 aliphatic rings. The highest BCUT2D eigenvalue weighted by Crippen LogP contribution is 2.36. The number of nitrogens with zero attached hydrogens (tertiary/aromatic N) is 1. The Hall–Kier alpha value is -0.490. The van der Waals surface area contributed by atoms with Crippen LogP contribution in [-0.2, 0) is 4.79 Å². The summed E-state index contributed by atoms with van der Waals surface area (Å²) in [4.78, 5) is 15.8. The van der Waals surface area contributed by atoms with Crippen molar-refractivity contribution in [2.24, 2.45) is 5.92 Å². The minimum atomic E-state index is -0.0139. The van der Waals surface area contributed by atoms with Crippen molar-refractivity contribution in [2.75, 3.05) is 6.54 Å². The van der Waals surface area contributed by atoms with E-state index in [2.05, 4.69) is 26.7 Å². The summed E-state index contributed by atoms with van der Waals surface area (Å²) in [7, 11) is 0. The lowest BCUT2D eigenvalue weighted by molar-refractivity contribution is -0.139. The number of carbonyl (C=O) groups excluding carboxylic acids is 1. The lowest BCUT2D eigenvalue weighted by atomic mass is 9.77. The highest BCUT2D eigenvalue weighted by Gasteiger charge is 2.42. The first-order valence-corrected chi connectivity index (χ1v) is 5.54. The number of carbonyl (C=O) groups is 1. The van der Waals surface area contributed by atoms with E-state index >= 15 is 0 Å². The Morgan fingerprint density at radius 1 is 1.38 bits per heavy atom. The van der Waals surface area contributed by atoms with E-state index in [0.29, 0.717) is 6.04 Å². The summed E-state index contributed by atoms with van der Waals surface area (Å²) >= 11 is 2.95. The van der Waals surface area contributed by atoms with Gasteiger partial charge in [0.05, 0.1) is 0 Å². The van der Waals surface area contributed by atoms with Gasteiger partial charge < -0.3 is 4.90 Å². The summed E-state index contributed by atoms with van der Waals surface area (Å²) in [6.45, 7) is 0.936. The van der Waals surface area contributed by atoms with Crippen molar-refractivity contribution in [3.05, 3.63) is 0 Å². The second-order valence-electron chi connectivity index (χ2n) is 3.79. The third-order valence-corrected chi connectivity index (χ3v) is 3.31. The molecule has 0 spiro atoms. The third-order valence-electron chi connectivity index (χ3n) is 3.12. The maximum atomic E-state index is 11.4. The van der Waals surface area contributed by atoms with E-state index in [-0.39, 0.29) is 5.91 Å². The Labute approximate surface area is 86.8 Å². The topological polar surface area (TPSA) is 20.3 Å². The molecule has 0 N–H and O–H groups in total. The summed E-state index contributed by atoms with van der Waals surface area (Å²) in [6, 6.07) is 0.509. The summed E-state index contributed by atoms with van der Waals surface area (Å²) in [5.41, 5.74) is 0. The number of fused-ring (bicyclic) bond motifs is 1. The van der Waals surface area contributed by atoms with Crippen LogP contribution in [0.15, 0.2) is 0 Å². The molecule has 2 fully saturated rings. The van der Waals surface area contributed by atoms with Crippen LogP contribution in [0.5, 0.6) is 0 Å². The molecule has 0 aromatic carbocycles. The SMILES string of the molecule is O=C(C#CBr)N1C[C@H]2CCCC[C@H]21. The Kier molecular flexibility index (Phi) is 2.59. The van der Waals surface area contributed by atoms with Gasteiger partial charge in [0.1, 0.15) is 0 Å². The molecule has 0 radical (unpaired) electrons. The Bertz CT molecular complexity index is 278. The normalized spacial score (nSPS) is 31.0. The molecule has 13 heavy (non-hydrogen) atoms. The van der Waals surface area contributed by atoms with Crippen molar-refractivity contribution in [1.82, 2.24) is 4.90 Å². The lowest BCUT2D eigenvalue weighted by Crippen LogP contribution is -2.59. The molecule has 3 heteroatoms. The first kappa shape index (κ1) is 9.08. The summed E-state index contributed by atoms with van der Waals surface area (Å²) in [5, 5.41) is 0. The zero-order valence-electron chi connectivity index (χ0n) is 7.42. The zero-order chi connectivity index (χ0) is 9.26. The Balaban J connectivity index is 1.96. The van der Waals surface area contributed by atoms with Crippen LogP contribution in [0.2, 0.25) is 0 Å². The molecule has 0 aromatic rings. The fraction of sp³-hybridized carbons (Fsp3) is 0.700. The smallest absolute Gasteiger partial charge is 0.299 e. The van der Waals surface area contributed by atoms with E-state index in [9.17, 15) is 4.79 Å². The van der Waals surface area contributed by atoms with Crippen molar-refractivity contribution < 1.29 is 4.79 Å². The molecule has 0 bridgehead atoms. The number of hydrogen-bond acceptors (Lipinski definition) is 1. The average molecular weight is 242 g/mol. The van der Waals surface area contributed by atoms with Crippen molar-refractivity contribution in [3.63, 3.8) is 0 Å². The number of halogens is 1. The lowest BCUT2D eigenvalue weighted by Gasteiger charge is -2.50. The van der Waals surface area contributed by atoms with Gasteiger partial charge in [0, 0.05) is 34.4 Å². The number of hydrogen-bond donors (Lipinski definition) is 0. The zero-order valence-corrected chi connectivity index (χ0v) is 9.01. The Morgan fingerprint density at radius 2 is 2.15 bits per heavy atom. The van der Waals surface area contributed by atoms with Gasteiger partial charge in [-0.2, -0.15) is 0 Å².